The molecule has 0 radical (unpaired) electrons. The van der Waals surface area contributed by atoms with Crippen molar-refractivity contribution in [2.75, 3.05) is 0 Å². The van der Waals surface area contributed by atoms with Crippen molar-refractivity contribution in [3.8, 4) is 0 Å². The van der Waals surface area contributed by atoms with Gasteiger partial charge < -0.3 is 0 Å². The van der Waals surface area contributed by atoms with E-state index >= 15 is 0 Å². The third-order valence-corrected chi connectivity index (χ3v) is 2.17. The number of benzene rings is 2. The average molecular weight is 214 g/mol. The zero-order valence-electron chi connectivity index (χ0n) is 7.48. The average Bonchev–Trinajstić information content (AvgIpc) is 2.16. The monoisotopic (exact) mass is 214 g/mol. The Morgan fingerprint density at radius 1 is 0.800 bits per heavy atom. The van der Waals surface area contributed by atoms with Crippen molar-refractivity contribution in [3.05, 3.63) is 47.8 Å². The van der Waals surface area contributed by atoms with Crippen molar-refractivity contribution in [2.24, 2.45) is 0 Å². The molecule has 0 aliphatic carbocycles. The molecule has 0 N–H and O–H groups in total. The van der Waals surface area contributed by atoms with E-state index in [-0.39, 0.29) is 10.8 Å². The second-order valence-electron chi connectivity index (χ2n) is 3.14. The van der Waals surface area contributed by atoms with Gasteiger partial charge in [0, 0.05) is 5.39 Å². The van der Waals surface area contributed by atoms with Crippen LogP contribution in [0.4, 0.5) is 17.6 Å². The highest BCUT2D eigenvalue weighted by molar-refractivity contribution is 5.86. The van der Waals surface area contributed by atoms with Gasteiger partial charge in [0.2, 0.25) is 0 Å². The zero-order valence-corrected chi connectivity index (χ0v) is 7.48. The van der Waals surface area contributed by atoms with E-state index in [0.717, 1.165) is 12.1 Å². The molecule has 4 heteroatoms. The Balaban J connectivity index is 2.83. The van der Waals surface area contributed by atoms with Crippen molar-refractivity contribution in [3.63, 3.8) is 0 Å². The molecule has 0 nitrogen and oxygen atoms in total. The van der Waals surface area contributed by atoms with Crippen LogP contribution in [0.1, 0.15) is 5.56 Å². The van der Waals surface area contributed by atoms with Crippen LogP contribution in [0.2, 0.25) is 0 Å². The third kappa shape index (κ3) is 1.67. The van der Waals surface area contributed by atoms with Gasteiger partial charge in [-0.3, -0.25) is 0 Å². The molecule has 2 aromatic rings. The molecule has 0 aliphatic heterocycles. The summed E-state index contributed by atoms with van der Waals surface area (Å²) in [5, 5.41) is -0.114. The van der Waals surface area contributed by atoms with Gasteiger partial charge in [0.15, 0.2) is 0 Å². The van der Waals surface area contributed by atoms with Gasteiger partial charge >= 0.3 is 6.18 Å². The minimum Gasteiger partial charge on any atom is -0.206 e. The Labute approximate surface area is 83.1 Å². The van der Waals surface area contributed by atoms with E-state index in [1.807, 2.05) is 0 Å². The minimum absolute atomic E-state index is 0.00711. The fourth-order valence-corrected chi connectivity index (χ4v) is 1.52. The summed E-state index contributed by atoms with van der Waals surface area (Å²) in [4.78, 5) is 0. The number of alkyl halides is 3. The Morgan fingerprint density at radius 2 is 1.40 bits per heavy atom. The van der Waals surface area contributed by atoms with Crippen LogP contribution in [0.15, 0.2) is 36.4 Å². The van der Waals surface area contributed by atoms with Crippen LogP contribution in [0.25, 0.3) is 10.8 Å². The fraction of sp³-hybridized carbons (Fsp3) is 0.0909. The molecular formula is C11H6F4. The lowest BCUT2D eigenvalue weighted by molar-refractivity contribution is -0.136. The van der Waals surface area contributed by atoms with Crippen molar-refractivity contribution >= 4 is 10.8 Å². The lowest BCUT2D eigenvalue weighted by atomic mass is 10.0. The van der Waals surface area contributed by atoms with Gasteiger partial charge in [-0.1, -0.05) is 24.3 Å². The molecule has 0 bridgehead atoms. The maximum atomic E-state index is 13.2. The summed E-state index contributed by atoms with van der Waals surface area (Å²) in [6.07, 6.45) is -4.45. The lowest BCUT2D eigenvalue weighted by Crippen LogP contribution is -2.05. The number of halogens is 4. The van der Waals surface area contributed by atoms with Gasteiger partial charge in [0.05, 0.1) is 5.56 Å². The largest absolute Gasteiger partial charge is 0.417 e. The first kappa shape index (κ1) is 9.96. The molecule has 0 saturated heterocycles. The molecular weight excluding hydrogens is 208 g/mol. The summed E-state index contributed by atoms with van der Waals surface area (Å²) in [6, 6.07) is 7.16. The molecule has 0 saturated carbocycles. The quantitative estimate of drug-likeness (QED) is 0.581. The molecule has 0 amide bonds. The molecule has 0 fully saturated rings. The summed E-state index contributed by atoms with van der Waals surface area (Å²) in [7, 11) is 0. The Kier molecular flexibility index (Phi) is 2.14. The highest BCUT2D eigenvalue weighted by Crippen LogP contribution is 2.35. The van der Waals surface area contributed by atoms with Gasteiger partial charge in [-0.15, -0.1) is 0 Å². The minimum atomic E-state index is -4.45. The Hall–Kier alpha value is -1.58. The van der Waals surface area contributed by atoms with Gasteiger partial charge in [0.25, 0.3) is 0 Å². The van der Waals surface area contributed by atoms with Crippen LogP contribution in [0.3, 0.4) is 0 Å². The van der Waals surface area contributed by atoms with Gasteiger partial charge in [-0.05, 0) is 17.5 Å². The van der Waals surface area contributed by atoms with E-state index in [0.29, 0.717) is 0 Å². The number of hydrogen-bond donors (Lipinski definition) is 0. The summed E-state index contributed by atoms with van der Waals surface area (Å²) in [5.41, 5.74) is -0.806. The molecule has 0 aromatic heterocycles. The maximum Gasteiger partial charge on any atom is 0.417 e. The van der Waals surface area contributed by atoms with Crippen LogP contribution in [-0.4, -0.2) is 0 Å². The predicted octanol–water partition coefficient (Wildman–Crippen LogP) is 4.00. The van der Waals surface area contributed by atoms with Gasteiger partial charge in [-0.2, -0.15) is 13.2 Å². The van der Waals surface area contributed by atoms with Crippen LogP contribution in [-0.2, 0) is 6.18 Å². The summed E-state index contributed by atoms with van der Waals surface area (Å²) < 4.78 is 50.8. The number of rotatable bonds is 0. The Bertz CT molecular complexity index is 499. The van der Waals surface area contributed by atoms with E-state index in [1.54, 1.807) is 0 Å². The summed E-state index contributed by atoms with van der Waals surface area (Å²) in [6.45, 7) is 0. The second kappa shape index (κ2) is 3.22. The maximum absolute atomic E-state index is 13.2. The highest BCUT2D eigenvalue weighted by Gasteiger charge is 2.32. The normalized spacial score (nSPS) is 12.0. The highest BCUT2D eigenvalue weighted by atomic mass is 19.4. The first-order valence-electron chi connectivity index (χ1n) is 4.24. The number of fused-ring (bicyclic) bond motifs is 1. The molecule has 0 aliphatic rings. The lowest BCUT2D eigenvalue weighted by Gasteiger charge is -2.10. The predicted molar refractivity (Wildman–Crippen MR) is 48.9 cm³/mol. The second-order valence-corrected chi connectivity index (χ2v) is 3.14. The van der Waals surface area contributed by atoms with E-state index in [9.17, 15) is 17.6 Å². The van der Waals surface area contributed by atoms with Crippen molar-refractivity contribution < 1.29 is 17.6 Å². The first-order valence-corrected chi connectivity index (χ1v) is 4.24. The SMILES string of the molecule is Fc1cccc2c(C(F)(F)F)cccc12. The summed E-state index contributed by atoms with van der Waals surface area (Å²) >= 11 is 0. The van der Waals surface area contributed by atoms with Crippen molar-refractivity contribution in [2.45, 2.75) is 6.18 Å². The molecule has 2 rings (SSSR count). The van der Waals surface area contributed by atoms with E-state index in [4.69, 9.17) is 0 Å². The molecule has 15 heavy (non-hydrogen) atoms. The van der Waals surface area contributed by atoms with Crippen LogP contribution >= 0.6 is 0 Å². The number of hydrogen-bond acceptors (Lipinski definition) is 0. The van der Waals surface area contributed by atoms with Crippen LogP contribution in [0.5, 0.6) is 0 Å². The van der Waals surface area contributed by atoms with E-state index in [2.05, 4.69) is 0 Å². The molecule has 0 spiro atoms. The third-order valence-electron chi connectivity index (χ3n) is 2.17. The van der Waals surface area contributed by atoms with Gasteiger partial charge in [-0.25, -0.2) is 4.39 Å². The van der Waals surface area contributed by atoms with Crippen LogP contribution < -0.4 is 0 Å². The van der Waals surface area contributed by atoms with Crippen molar-refractivity contribution in [1.29, 1.82) is 0 Å². The molecule has 78 valence electrons. The molecule has 0 unspecified atom stereocenters. The standard InChI is InChI=1S/C11H6F4/c12-10-6-2-3-7-8(10)4-1-5-9(7)11(13,14)15/h1-6H. The van der Waals surface area contributed by atoms with Crippen LogP contribution in [0, 0.1) is 5.82 Å². The molecule has 2 aromatic carbocycles. The molecule has 0 heterocycles. The zero-order chi connectivity index (χ0) is 11.1. The molecule has 0 atom stereocenters. The first-order chi connectivity index (χ1) is 7.00. The van der Waals surface area contributed by atoms with Gasteiger partial charge in [0.1, 0.15) is 5.82 Å². The fourth-order valence-electron chi connectivity index (χ4n) is 1.52. The van der Waals surface area contributed by atoms with Crippen molar-refractivity contribution in [1.82, 2.24) is 0 Å². The van der Waals surface area contributed by atoms with E-state index < -0.39 is 17.6 Å². The topological polar surface area (TPSA) is 0 Å². The Morgan fingerprint density at radius 3 is 2.07 bits per heavy atom. The summed E-state index contributed by atoms with van der Waals surface area (Å²) in [5.74, 6) is -0.640. The van der Waals surface area contributed by atoms with E-state index in [1.165, 1.54) is 24.3 Å². The smallest absolute Gasteiger partial charge is 0.206 e.